The minimum absolute atomic E-state index is 0.0345. The summed E-state index contributed by atoms with van der Waals surface area (Å²) in [5, 5.41) is 2.77. The average Bonchev–Trinajstić information content (AvgIpc) is 2.34. The number of benzene rings is 1. The van der Waals surface area contributed by atoms with Gasteiger partial charge in [-0.2, -0.15) is 0 Å². The van der Waals surface area contributed by atoms with Crippen LogP contribution in [-0.4, -0.2) is 29.9 Å². The first-order chi connectivity index (χ1) is 8.63. The highest BCUT2D eigenvalue weighted by Gasteiger charge is 2.15. The standard InChI is InChI=1S/C14H21N3O/c1-11(18)16-14-4-2-12(3-5-14)10-17-8-6-13(15)7-9-17/h2-5,13H,6-10,15H2,1H3,(H,16,18). The van der Waals surface area contributed by atoms with E-state index in [-0.39, 0.29) is 5.91 Å². The number of nitrogens with one attached hydrogen (secondary N) is 1. The molecule has 0 spiro atoms. The van der Waals surface area contributed by atoms with E-state index in [1.165, 1.54) is 12.5 Å². The van der Waals surface area contributed by atoms with Crippen molar-refractivity contribution in [3.05, 3.63) is 29.8 Å². The molecule has 0 aromatic heterocycles. The van der Waals surface area contributed by atoms with Crippen LogP contribution in [0.4, 0.5) is 5.69 Å². The van der Waals surface area contributed by atoms with Gasteiger partial charge in [0, 0.05) is 25.2 Å². The number of carbonyl (C=O) groups excluding carboxylic acids is 1. The summed E-state index contributed by atoms with van der Waals surface area (Å²) in [6.07, 6.45) is 2.17. The first-order valence-electron chi connectivity index (χ1n) is 6.48. The van der Waals surface area contributed by atoms with Crippen LogP contribution in [0.3, 0.4) is 0 Å². The molecule has 1 amide bonds. The third-order valence-electron chi connectivity index (χ3n) is 3.31. The predicted molar refractivity (Wildman–Crippen MR) is 73.2 cm³/mol. The van der Waals surface area contributed by atoms with Gasteiger partial charge in [-0.3, -0.25) is 9.69 Å². The van der Waals surface area contributed by atoms with Gasteiger partial charge in [0.05, 0.1) is 0 Å². The minimum Gasteiger partial charge on any atom is -0.328 e. The van der Waals surface area contributed by atoms with Gasteiger partial charge < -0.3 is 11.1 Å². The number of amides is 1. The third-order valence-corrected chi connectivity index (χ3v) is 3.31. The predicted octanol–water partition coefficient (Wildman–Crippen LogP) is 1.57. The van der Waals surface area contributed by atoms with E-state index in [4.69, 9.17) is 5.73 Å². The Balaban J connectivity index is 1.88. The normalized spacial score (nSPS) is 17.7. The van der Waals surface area contributed by atoms with Crippen molar-refractivity contribution in [3.63, 3.8) is 0 Å². The van der Waals surface area contributed by atoms with Gasteiger partial charge in [0.15, 0.2) is 0 Å². The third kappa shape index (κ3) is 3.82. The van der Waals surface area contributed by atoms with Crippen molar-refractivity contribution in [3.8, 4) is 0 Å². The molecule has 0 bridgehead atoms. The fraction of sp³-hybridized carbons (Fsp3) is 0.500. The number of likely N-dealkylation sites (tertiary alicyclic amines) is 1. The molecule has 0 saturated carbocycles. The van der Waals surface area contributed by atoms with E-state index in [2.05, 4.69) is 22.3 Å². The minimum atomic E-state index is -0.0345. The molecule has 1 aliphatic heterocycles. The molecule has 0 atom stereocenters. The molecule has 1 aromatic rings. The lowest BCUT2D eigenvalue weighted by molar-refractivity contribution is -0.114. The molecule has 18 heavy (non-hydrogen) atoms. The summed E-state index contributed by atoms with van der Waals surface area (Å²) in [5.41, 5.74) is 8.02. The Hall–Kier alpha value is -1.39. The number of piperidine rings is 1. The van der Waals surface area contributed by atoms with Gasteiger partial charge in [0.2, 0.25) is 5.91 Å². The largest absolute Gasteiger partial charge is 0.328 e. The lowest BCUT2D eigenvalue weighted by Gasteiger charge is -2.30. The lowest BCUT2D eigenvalue weighted by atomic mass is 10.1. The Kier molecular flexibility index (Phi) is 4.33. The van der Waals surface area contributed by atoms with Gasteiger partial charge in [0.1, 0.15) is 0 Å². The second-order valence-electron chi connectivity index (χ2n) is 4.99. The maximum absolute atomic E-state index is 10.9. The van der Waals surface area contributed by atoms with E-state index in [0.29, 0.717) is 6.04 Å². The Morgan fingerprint density at radius 3 is 2.50 bits per heavy atom. The maximum Gasteiger partial charge on any atom is 0.221 e. The molecule has 1 heterocycles. The van der Waals surface area contributed by atoms with Crippen molar-refractivity contribution in [2.45, 2.75) is 32.4 Å². The number of nitrogens with two attached hydrogens (primary N) is 1. The van der Waals surface area contributed by atoms with Gasteiger partial charge in [-0.1, -0.05) is 12.1 Å². The van der Waals surface area contributed by atoms with Crippen LogP contribution in [0.2, 0.25) is 0 Å². The maximum atomic E-state index is 10.9. The van der Waals surface area contributed by atoms with Crippen LogP contribution in [0.15, 0.2) is 24.3 Å². The van der Waals surface area contributed by atoms with Crippen LogP contribution in [0.5, 0.6) is 0 Å². The highest BCUT2D eigenvalue weighted by molar-refractivity contribution is 5.88. The Morgan fingerprint density at radius 1 is 1.33 bits per heavy atom. The number of hydrogen-bond acceptors (Lipinski definition) is 3. The zero-order chi connectivity index (χ0) is 13.0. The molecule has 0 unspecified atom stereocenters. The SMILES string of the molecule is CC(=O)Nc1ccc(CN2CCC(N)CC2)cc1. The Bertz CT molecular complexity index is 394. The van der Waals surface area contributed by atoms with Crippen molar-refractivity contribution < 1.29 is 4.79 Å². The number of carbonyl (C=O) groups is 1. The highest BCUT2D eigenvalue weighted by atomic mass is 16.1. The van der Waals surface area contributed by atoms with Crippen molar-refractivity contribution in [1.82, 2.24) is 4.90 Å². The molecule has 3 N–H and O–H groups in total. The zero-order valence-corrected chi connectivity index (χ0v) is 10.9. The molecule has 4 heteroatoms. The molecule has 0 radical (unpaired) electrons. The molecule has 1 aromatic carbocycles. The van der Waals surface area contributed by atoms with Crippen molar-refractivity contribution >= 4 is 11.6 Å². The van der Waals surface area contributed by atoms with E-state index in [9.17, 15) is 4.79 Å². The summed E-state index contributed by atoms with van der Waals surface area (Å²) < 4.78 is 0. The Labute approximate surface area is 108 Å². The van der Waals surface area contributed by atoms with E-state index < -0.39 is 0 Å². The van der Waals surface area contributed by atoms with Gasteiger partial charge in [0.25, 0.3) is 0 Å². The number of nitrogens with zero attached hydrogens (tertiary/aromatic N) is 1. The van der Waals surface area contributed by atoms with Crippen LogP contribution >= 0.6 is 0 Å². The fourth-order valence-electron chi connectivity index (χ4n) is 2.27. The Morgan fingerprint density at radius 2 is 1.94 bits per heavy atom. The zero-order valence-electron chi connectivity index (χ0n) is 10.9. The first-order valence-corrected chi connectivity index (χ1v) is 6.48. The molecule has 4 nitrogen and oxygen atoms in total. The number of anilines is 1. The lowest BCUT2D eigenvalue weighted by Crippen LogP contribution is -2.39. The summed E-state index contributed by atoms with van der Waals surface area (Å²) in [4.78, 5) is 13.3. The van der Waals surface area contributed by atoms with E-state index >= 15 is 0 Å². The molecular weight excluding hydrogens is 226 g/mol. The number of hydrogen-bond donors (Lipinski definition) is 2. The molecule has 1 saturated heterocycles. The topological polar surface area (TPSA) is 58.4 Å². The molecule has 1 fully saturated rings. The highest BCUT2D eigenvalue weighted by Crippen LogP contribution is 2.15. The van der Waals surface area contributed by atoms with Gasteiger partial charge in [-0.15, -0.1) is 0 Å². The second kappa shape index (κ2) is 5.98. The van der Waals surface area contributed by atoms with E-state index in [0.717, 1.165) is 38.2 Å². The van der Waals surface area contributed by atoms with E-state index in [1.807, 2.05) is 12.1 Å². The van der Waals surface area contributed by atoms with Crippen LogP contribution < -0.4 is 11.1 Å². The van der Waals surface area contributed by atoms with Crippen LogP contribution in [0.25, 0.3) is 0 Å². The van der Waals surface area contributed by atoms with Crippen molar-refractivity contribution in [2.75, 3.05) is 18.4 Å². The quantitative estimate of drug-likeness (QED) is 0.852. The fourth-order valence-corrected chi connectivity index (χ4v) is 2.27. The van der Waals surface area contributed by atoms with Crippen molar-refractivity contribution in [1.29, 1.82) is 0 Å². The average molecular weight is 247 g/mol. The first kappa shape index (κ1) is 13.1. The van der Waals surface area contributed by atoms with E-state index in [1.54, 1.807) is 0 Å². The van der Waals surface area contributed by atoms with Crippen LogP contribution in [0.1, 0.15) is 25.3 Å². The summed E-state index contributed by atoms with van der Waals surface area (Å²) in [6, 6.07) is 8.42. The molecule has 2 rings (SSSR count). The molecule has 0 aliphatic carbocycles. The van der Waals surface area contributed by atoms with Gasteiger partial charge >= 0.3 is 0 Å². The van der Waals surface area contributed by atoms with Crippen molar-refractivity contribution in [2.24, 2.45) is 5.73 Å². The smallest absolute Gasteiger partial charge is 0.221 e. The molecular formula is C14H21N3O. The summed E-state index contributed by atoms with van der Waals surface area (Å²) in [7, 11) is 0. The summed E-state index contributed by atoms with van der Waals surface area (Å²) >= 11 is 0. The van der Waals surface area contributed by atoms with Crippen LogP contribution in [0, 0.1) is 0 Å². The summed E-state index contributed by atoms with van der Waals surface area (Å²) in [6.45, 7) is 4.64. The second-order valence-corrected chi connectivity index (χ2v) is 4.99. The monoisotopic (exact) mass is 247 g/mol. The molecule has 98 valence electrons. The number of rotatable bonds is 3. The molecule has 1 aliphatic rings. The van der Waals surface area contributed by atoms with Gasteiger partial charge in [-0.05, 0) is 43.6 Å². The van der Waals surface area contributed by atoms with Gasteiger partial charge in [-0.25, -0.2) is 0 Å². The van der Waals surface area contributed by atoms with Crippen LogP contribution in [-0.2, 0) is 11.3 Å². The summed E-state index contributed by atoms with van der Waals surface area (Å²) in [5.74, 6) is -0.0345.